The van der Waals surface area contributed by atoms with Crippen LogP contribution in [-0.4, -0.2) is 10.8 Å². The number of rotatable bonds is 4. The van der Waals surface area contributed by atoms with Gasteiger partial charge < -0.3 is 14.9 Å². The summed E-state index contributed by atoms with van der Waals surface area (Å²) in [4.78, 5) is 6.31. The predicted molar refractivity (Wildman–Crippen MR) is 142 cm³/mol. The van der Waals surface area contributed by atoms with E-state index in [-0.39, 0.29) is 21.1 Å². The predicted octanol–water partition coefficient (Wildman–Crippen LogP) is 6.84. The Balaban J connectivity index is 0.000000198. The van der Waals surface area contributed by atoms with Crippen LogP contribution in [0.5, 0.6) is 0 Å². The molecule has 0 amide bonds. The molecule has 0 fully saturated rings. The van der Waals surface area contributed by atoms with Crippen molar-refractivity contribution in [2.45, 2.75) is 0 Å². The Hall–Kier alpha value is -4.01. The Morgan fingerprint density at radius 1 is 0.639 bits per heavy atom. The Bertz CT molecular complexity index is 1310. The minimum absolute atomic E-state index is 0. The summed E-state index contributed by atoms with van der Waals surface area (Å²) in [6.07, 6.45) is 1.79. The van der Waals surface area contributed by atoms with Crippen LogP contribution in [0.25, 0.3) is 11.3 Å². The van der Waals surface area contributed by atoms with Gasteiger partial charge in [0.2, 0.25) is 0 Å². The number of amidine groups is 1. The van der Waals surface area contributed by atoms with Crippen molar-refractivity contribution in [2.24, 2.45) is 5.10 Å². The molecule has 1 aliphatic rings. The molecule has 4 nitrogen and oxygen atoms in total. The van der Waals surface area contributed by atoms with E-state index in [2.05, 4.69) is 46.3 Å². The monoisotopic (exact) mass is 646 g/mol. The molecule has 0 aliphatic carbocycles. The van der Waals surface area contributed by atoms with E-state index in [4.69, 9.17) is 5.10 Å². The second-order valence-corrected chi connectivity index (χ2v) is 7.69. The third kappa shape index (κ3) is 6.15. The van der Waals surface area contributed by atoms with E-state index in [0.29, 0.717) is 0 Å². The Labute approximate surface area is 226 Å². The first kappa shape index (κ1) is 25.1. The van der Waals surface area contributed by atoms with E-state index in [1.165, 1.54) is 0 Å². The molecule has 0 saturated carbocycles. The summed E-state index contributed by atoms with van der Waals surface area (Å²) in [7, 11) is 0. The minimum Gasteiger partial charge on any atom is -0.456 e. The number of pyridine rings is 1. The summed E-state index contributed by atoms with van der Waals surface area (Å²) in [5, 5.41) is 6.63. The molecule has 1 aliphatic heterocycles. The van der Waals surface area contributed by atoms with Gasteiger partial charge in [0.25, 0.3) is 0 Å². The number of nitrogens with zero attached hydrogens (tertiary/aromatic N) is 4. The number of hydrazone groups is 1. The smallest absolute Gasteiger partial charge is 0.129 e. The first-order valence-corrected chi connectivity index (χ1v) is 11.4. The van der Waals surface area contributed by atoms with Crippen LogP contribution in [0.1, 0.15) is 5.56 Å². The number of aromatic nitrogens is 1. The van der Waals surface area contributed by atoms with E-state index < -0.39 is 0 Å². The van der Waals surface area contributed by atoms with Crippen LogP contribution in [-0.2, 0) is 21.1 Å². The van der Waals surface area contributed by atoms with Gasteiger partial charge >= 0.3 is 0 Å². The first-order chi connectivity index (χ1) is 17.4. The van der Waals surface area contributed by atoms with Crippen molar-refractivity contribution < 1.29 is 21.1 Å². The SMILES string of the molecule is [Pt].[c-]1ccccc1-c1ccccn1.[c-]1ccccc1N1[CH-]N(c2ccccc2)C(c2ccccc2)=N1. The number of hydrogen-bond donors (Lipinski definition) is 0. The van der Waals surface area contributed by atoms with Crippen LogP contribution >= 0.6 is 0 Å². The molecule has 36 heavy (non-hydrogen) atoms. The van der Waals surface area contributed by atoms with Gasteiger partial charge in [-0.25, -0.2) is 0 Å². The van der Waals surface area contributed by atoms with Crippen LogP contribution < -0.4 is 9.91 Å². The Kier molecular flexibility index (Phi) is 8.80. The van der Waals surface area contributed by atoms with Gasteiger partial charge in [-0.1, -0.05) is 66.4 Å². The van der Waals surface area contributed by atoms with Crippen LogP contribution in [0.2, 0.25) is 0 Å². The normalized spacial score (nSPS) is 12.2. The Morgan fingerprint density at radius 2 is 1.31 bits per heavy atom. The van der Waals surface area contributed by atoms with Gasteiger partial charge in [-0.3, -0.25) is 0 Å². The van der Waals surface area contributed by atoms with Crippen LogP contribution in [0, 0.1) is 18.8 Å². The van der Waals surface area contributed by atoms with Crippen molar-refractivity contribution in [3.05, 3.63) is 158 Å². The zero-order valence-electron chi connectivity index (χ0n) is 19.4. The van der Waals surface area contributed by atoms with E-state index in [1.54, 1.807) is 6.20 Å². The summed E-state index contributed by atoms with van der Waals surface area (Å²) in [6.45, 7) is 1.99. The largest absolute Gasteiger partial charge is 0.456 e. The summed E-state index contributed by atoms with van der Waals surface area (Å²) < 4.78 is 0. The van der Waals surface area contributed by atoms with E-state index >= 15 is 0 Å². The summed E-state index contributed by atoms with van der Waals surface area (Å²) in [5.74, 6) is 0.897. The standard InChI is InChI=1S/C20H15N3.C11H8N.Pt/c1-4-10-17(11-5-1)20-21-23(19-14-8-3-9-15-19)16-22(20)18-12-6-2-7-13-18;1-2-6-10(7-3-1)11-8-4-5-9-12-11;/h1-14,16H;1-6,8-9H;/q-2;-1;. The van der Waals surface area contributed by atoms with E-state index in [0.717, 1.165) is 34.0 Å². The molecule has 180 valence electrons. The summed E-state index contributed by atoms with van der Waals surface area (Å²) >= 11 is 0. The molecular formula is C31H23N4Pt-3. The van der Waals surface area contributed by atoms with Gasteiger partial charge in [-0.05, 0) is 23.9 Å². The minimum atomic E-state index is 0. The fraction of sp³-hybridized carbons (Fsp3) is 0. The fourth-order valence-corrected chi connectivity index (χ4v) is 3.62. The first-order valence-electron chi connectivity index (χ1n) is 11.4. The molecule has 0 unspecified atom stereocenters. The molecule has 0 bridgehead atoms. The molecule has 0 radical (unpaired) electrons. The molecular weight excluding hydrogens is 623 g/mol. The Morgan fingerprint density at radius 3 is 1.94 bits per heavy atom. The molecule has 0 atom stereocenters. The van der Waals surface area contributed by atoms with Crippen LogP contribution in [0.4, 0.5) is 11.4 Å². The van der Waals surface area contributed by atoms with Crippen LogP contribution in [0.3, 0.4) is 0 Å². The number of para-hydroxylation sites is 2. The molecule has 1 aromatic heterocycles. The average Bonchev–Trinajstić information content (AvgIpc) is 3.42. The molecule has 0 spiro atoms. The van der Waals surface area contributed by atoms with E-state index in [1.807, 2.05) is 115 Å². The quantitative estimate of drug-likeness (QED) is 0.201. The maximum absolute atomic E-state index is 4.78. The number of anilines is 2. The van der Waals surface area contributed by atoms with Crippen molar-refractivity contribution in [3.63, 3.8) is 0 Å². The second-order valence-electron chi connectivity index (χ2n) is 7.69. The molecule has 2 heterocycles. The average molecular weight is 647 g/mol. The molecule has 0 N–H and O–H groups in total. The van der Waals surface area contributed by atoms with Crippen molar-refractivity contribution in [3.8, 4) is 11.3 Å². The third-order valence-corrected chi connectivity index (χ3v) is 5.31. The van der Waals surface area contributed by atoms with Crippen LogP contribution in [0.15, 0.2) is 139 Å². The molecule has 0 saturated heterocycles. The molecule has 4 aromatic carbocycles. The van der Waals surface area contributed by atoms with E-state index in [9.17, 15) is 0 Å². The third-order valence-electron chi connectivity index (χ3n) is 5.31. The summed E-state index contributed by atoms with van der Waals surface area (Å²) in [6, 6.07) is 48.3. The van der Waals surface area contributed by atoms with Gasteiger partial charge in [-0.2, -0.15) is 29.4 Å². The number of hydrogen-bond acceptors (Lipinski definition) is 4. The molecule has 5 heteroatoms. The van der Waals surface area contributed by atoms with Gasteiger partial charge in [0.15, 0.2) is 0 Å². The maximum Gasteiger partial charge on any atom is 0.129 e. The van der Waals surface area contributed by atoms with Gasteiger partial charge in [0, 0.05) is 38.5 Å². The number of benzene rings is 4. The second kappa shape index (κ2) is 12.6. The van der Waals surface area contributed by atoms with Crippen molar-refractivity contribution in [1.29, 1.82) is 0 Å². The van der Waals surface area contributed by atoms with Gasteiger partial charge in [0.1, 0.15) is 5.84 Å². The zero-order chi connectivity index (χ0) is 23.7. The maximum atomic E-state index is 4.78. The fourth-order valence-electron chi connectivity index (χ4n) is 3.62. The van der Waals surface area contributed by atoms with Gasteiger partial charge in [-0.15, -0.1) is 48.6 Å². The van der Waals surface area contributed by atoms with Crippen molar-refractivity contribution >= 4 is 17.2 Å². The zero-order valence-corrected chi connectivity index (χ0v) is 21.7. The summed E-state index contributed by atoms with van der Waals surface area (Å²) in [5.41, 5.74) is 5.08. The van der Waals surface area contributed by atoms with Crippen molar-refractivity contribution in [1.82, 2.24) is 4.98 Å². The van der Waals surface area contributed by atoms with Crippen molar-refractivity contribution in [2.75, 3.05) is 9.91 Å². The molecule has 6 rings (SSSR count). The molecule has 5 aromatic rings. The topological polar surface area (TPSA) is 31.7 Å². The van der Waals surface area contributed by atoms with Gasteiger partial charge in [0.05, 0.1) is 0 Å².